The Hall–Kier alpha value is -2.91. The van der Waals surface area contributed by atoms with Crippen LogP contribution in [-0.4, -0.2) is 33.5 Å². The molecule has 2 aromatic rings. The van der Waals surface area contributed by atoms with Gasteiger partial charge in [0.05, 0.1) is 5.56 Å². The first-order chi connectivity index (χ1) is 16.8. The van der Waals surface area contributed by atoms with Gasteiger partial charge in [-0.15, -0.1) is 0 Å². The van der Waals surface area contributed by atoms with Crippen LogP contribution in [0.25, 0.3) is 0 Å². The van der Waals surface area contributed by atoms with Crippen molar-refractivity contribution in [1.82, 2.24) is 14.9 Å². The van der Waals surface area contributed by atoms with Crippen molar-refractivity contribution >= 4 is 11.5 Å². The minimum absolute atomic E-state index is 0.217. The lowest BCUT2D eigenvalue weighted by Crippen LogP contribution is -2.38. The Morgan fingerprint density at radius 1 is 1.26 bits per heavy atom. The molecule has 6 nitrogen and oxygen atoms in total. The van der Waals surface area contributed by atoms with Gasteiger partial charge in [-0.1, -0.05) is 32.1 Å². The highest BCUT2D eigenvalue weighted by molar-refractivity contribution is 5.62. The summed E-state index contributed by atoms with van der Waals surface area (Å²) in [6, 6.07) is 6.40. The van der Waals surface area contributed by atoms with E-state index in [0.717, 1.165) is 74.1 Å². The van der Waals surface area contributed by atoms with Crippen molar-refractivity contribution in [1.29, 1.82) is 5.26 Å². The second-order valence-electron chi connectivity index (χ2n) is 11.0. The largest absolute Gasteiger partial charge is 0.398 e. The monoisotopic (exact) mass is 470 g/mol. The maximum Gasteiger partial charge on any atom is 0.131 e. The molecule has 2 aliphatic heterocycles. The SMILES string of the molecule is C=C1CN2CCC[C@@]2(CCc2nc(N)c(CC)c(CC3CC[C@H](C)c4ccc(N)c(C#N)c43)n2)C1. The lowest BCUT2D eigenvalue weighted by atomic mass is 9.73. The van der Waals surface area contributed by atoms with Crippen LogP contribution in [0.15, 0.2) is 24.3 Å². The summed E-state index contributed by atoms with van der Waals surface area (Å²) >= 11 is 0. The Morgan fingerprint density at radius 2 is 2.09 bits per heavy atom. The van der Waals surface area contributed by atoms with Gasteiger partial charge in [0.25, 0.3) is 0 Å². The fraction of sp³-hybridized carbons (Fsp3) is 0.552. The van der Waals surface area contributed by atoms with E-state index in [4.69, 9.17) is 21.4 Å². The van der Waals surface area contributed by atoms with Crippen LogP contribution in [0.5, 0.6) is 0 Å². The first-order valence-corrected chi connectivity index (χ1v) is 13.2. The van der Waals surface area contributed by atoms with Crippen molar-refractivity contribution in [3.05, 3.63) is 58.1 Å². The molecule has 1 aromatic carbocycles. The molecule has 4 N–H and O–H groups in total. The van der Waals surface area contributed by atoms with E-state index in [9.17, 15) is 5.26 Å². The maximum atomic E-state index is 9.91. The second-order valence-corrected chi connectivity index (χ2v) is 11.0. The fourth-order valence-electron chi connectivity index (χ4n) is 7.05. The number of fused-ring (bicyclic) bond motifs is 2. The number of rotatable bonds is 6. The predicted molar refractivity (Wildman–Crippen MR) is 141 cm³/mol. The molecule has 5 rings (SSSR count). The summed E-state index contributed by atoms with van der Waals surface area (Å²) in [5.74, 6) is 2.11. The van der Waals surface area contributed by atoms with Gasteiger partial charge in [0, 0.05) is 35.4 Å². The summed E-state index contributed by atoms with van der Waals surface area (Å²) in [4.78, 5) is 12.5. The molecule has 2 saturated heterocycles. The number of nitrogen functional groups attached to an aromatic ring is 2. The first kappa shape index (κ1) is 23.8. The average Bonchev–Trinajstić information content (AvgIpc) is 3.35. The van der Waals surface area contributed by atoms with Crippen molar-refractivity contribution in [2.75, 3.05) is 24.6 Å². The van der Waals surface area contributed by atoms with Gasteiger partial charge in [0.1, 0.15) is 17.7 Å². The molecule has 1 aliphatic carbocycles. The number of hydrogen-bond donors (Lipinski definition) is 2. The molecule has 0 amide bonds. The third-order valence-corrected chi connectivity index (χ3v) is 8.82. The molecule has 0 spiro atoms. The summed E-state index contributed by atoms with van der Waals surface area (Å²) < 4.78 is 0. The Bertz CT molecular complexity index is 1190. The molecule has 3 heterocycles. The van der Waals surface area contributed by atoms with Gasteiger partial charge in [-0.3, -0.25) is 4.90 Å². The lowest BCUT2D eigenvalue weighted by molar-refractivity contribution is 0.181. The number of hydrogen-bond acceptors (Lipinski definition) is 6. The molecule has 3 aliphatic rings. The van der Waals surface area contributed by atoms with Gasteiger partial charge < -0.3 is 11.5 Å². The normalized spacial score (nSPS) is 25.9. The molecule has 0 radical (unpaired) electrons. The Kier molecular flexibility index (Phi) is 6.31. The molecule has 35 heavy (non-hydrogen) atoms. The molecule has 184 valence electrons. The van der Waals surface area contributed by atoms with E-state index >= 15 is 0 Å². The molecular weight excluding hydrogens is 432 g/mol. The van der Waals surface area contributed by atoms with Crippen LogP contribution >= 0.6 is 0 Å². The number of nitriles is 1. The summed E-state index contributed by atoms with van der Waals surface area (Å²) in [7, 11) is 0. The van der Waals surface area contributed by atoms with Crippen molar-refractivity contribution < 1.29 is 0 Å². The molecule has 0 saturated carbocycles. The van der Waals surface area contributed by atoms with Gasteiger partial charge in [-0.05, 0) is 86.9 Å². The quantitative estimate of drug-likeness (QED) is 0.453. The van der Waals surface area contributed by atoms with Crippen molar-refractivity contribution in [3.8, 4) is 6.07 Å². The smallest absolute Gasteiger partial charge is 0.131 e. The topological polar surface area (TPSA) is 105 Å². The standard InChI is InChI=1S/C29H38N6/c1-4-21-25(14-20-7-6-19(3)22-8-9-24(31)23(16-30)27(20)22)33-26(34-28(21)32)10-12-29-11-5-13-35(29)17-18(2)15-29/h8-9,19-20H,2,4-7,10-15,17,31H2,1,3H3,(H2,32,33,34)/t19-,20?,29+/m0/s1. The van der Waals surface area contributed by atoms with Crippen LogP contribution in [0.4, 0.5) is 11.5 Å². The third kappa shape index (κ3) is 4.21. The van der Waals surface area contributed by atoms with E-state index in [1.165, 1.54) is 30.5 Å². The Morgan fingerprint density at radius 3 is 2.86 bits per heavy atom. The molecule has 2 fully saturated rings. The van der Waals surface area contributed by atoms with E-state index in [0.29, 0.717) is 23.0 Å². The van der Waals surface area contributed by atoms with Gasteiger partial charge in [-0.2, -0.15) is 5.26 Å². The maximum absolute atomic E-state index is 9.91. The second kappa shape index (κ2) is 9.28. The van der Waals surface area contributed by atoms with E-state index in [1.54, 1.807) is 0 Å². The van der Waals surface area contributed by atoms with E-state index < -0.39 is 0 Å². The van der Waals surface area contributed by atoms with Gasteiger partial charge in [-0.25, -0.2) is 9.97 Å². The highest BCUT2D eigenvalue weighted by Crippen LogP contribution is 2.45. The lowest BCUT2D eigenvalue weighted by Gasteiger charge is -2.32. The van der Waals surface area contributed by atoms with Crippen molar-refractivity contribution in [2.24, 2.45) is 0 Å². The Balaban J connectivity index is 1.44. The zero-order chi connectivity index (χ0) is 24.7. The van der Waals surface area contributed by atoms with Crippen LogP contribution < -0.4 is 11.5 Å². The average molecular weight is 471 g/mol. The fourth-order valence-corrected chi connectivity index (χ4v) is 7.05. The van der Waals surface area contributed by atoms with E-state index in [-0.39, 0.29) is 11.5 Å². The molecule has 6 heteroatoms. The van der Waals surface area contributed by atoms with Crippen LogP contribution in [0.3, 0.4) is 0 Å². The predicted octanol–water partition coefficient (Wildman–Crippen LogP) is 5.03. The molecule has 3 atom stereocenters. The number of aryl methyl sites for hydroxylation is 1. The van der Waals surface area contributed by atoms with Crippen molar-refractivity contribution in [3.63, 3.8) is 0 Å². The highest BCUT2D eigenvalue weighted by Gasteiger charge is 2.45. The summed E-state index contributed by atoms with van der Waals surface area (Å²) in [6.45, 7) is 10.8. The zero-order valence-corrected chi connectivity index (χ0v) is 21.2. The number of benzene rings is 1. The zero-order valence-electron chi connectivity index (χ0n) is 21.2. The van der Waals surface area contributed by atoms with Crippen LogP contribution in [0.1, 0.15) is 98.0 Å². The van der Waals surface area contributed by atoms with E-state index in [1.807, 2.05) is 6.07 Å². The molecule has 1 aromatic heterocycles. The Labute approximate surface area is 209 Å². The molecular formula is C29H38N6. The van der Waals surface area contributed by atoms with Crippen LogP contribution in [0.2, 0.25) is 0 Å². The molecule has 0 bridgehead atoms. The number of aromatic nitrogens is 2. The third-order valence-electron chi connectivity index (χ3n) is 8.82. The minimum atomic E-state index is 0.217. The summed E-state index contributed by atoms with van der Waals surface area (Å²) in [5, 5.41) is 9.91. The number of nitrogens with zero attached hydrogens (tertiary/aromatic N) is 4. The number of anilines is 2. The molecule has 1 unspecified atom stereocenters. The van der Waals surface area contributed by atoms with Crippen molar-refractivity contribution in [2.45, 2.75) is 89.0 Å². The summed E-state index contributed by atoms with van der Waals surface area (Å²) in [5.41, 5.74) is 20.0. The van der Waals surface area contributed by atoms with Crippen LogP contribution in [0, 0.1) is 11.3 Å². The first-order valence-electron chi connectivity index (χ1n) is 13.2. The van der Waals surface area contributed by atoms with Gasteiger partial charge in [0.15, 0.2) is 0 Å². The van der Waals surface area contributed by atoms with Gasteiger partial charge >= 0.3 is 0 Å². The van der Waals surface area contributed by atoms with Gasteiger partial charge in [0.2, 0.25) is 0 Å². The minimum Gasteiger partial charge on any atom is -0.398 e. The summed E-state index contributed by atoms with van der Waals surface area (Å²) in [6.07, 6.45) is 9.17. The van der Waals surface area contributed by atoms with Crippen LogP contribution in [-0.2, 0) is 19.3 Å². The highest BCUT2D eigenvalue weighted by atomic mass is 15.2. The number of nitrogens with two attached hydrogens (primary N) is 2. The van der Waals surface area contributed by atoms with E-state index in [2.05, 4.69) is 37.5 Å².